The van der Waals surface area contributed by atoms with Gasteiger partial charge in [-0.1, -0.05) is 94.2 Å². The van der Waals surface area contributed by atoms with Crippen LogP contribution in [-0.4, -0.2) is 323 Å². The van der Waals surface area contributed by atoms with Crippen molar-refractivity contribution in [3.05, 3.63) is 45.9 Å². The highest BCUT2D eigenvalue weighted by Crippen LogP contribution is 2.33. The Morgan fingerprint density at radius 1 is 0.614 bits per heavy atom. The number of hydrogen-bond donors (Lipinski definition) is 12. The van der Waals surface area contributed by atoms with Gasteiger partial charge in [-0.15, -0.1) is 11.3 Å². The molecular formula is C87H153N7O31S2. The molecular weight excluding hydrogens is 1700 g/mol. The van der Waals surface area contributed by atoms with E-state index < -0.39 is 97.4 Å². The maximum Gasteiger partial charge on any atom is 0.508 e. The fraction of sp³-hybridized carbons (Fsp3) is 0.782. The van der Waals surface area contributed by atoms with Gasteiger partial charge >= 0.3 is 30.0 Å². The zero-order chi connectivity index (χ0) is 95.8. The van der Waals surface area contributed by atoms with Crippen LogP contribution in [0.15, 0.2) is 29.6 Å². The van der Waals surface area contributed by atoms with E-state index in [0.29, 0.717) is 75.4 Å². The molecule has 2 heterocycles. The summed E-state index contributed by atoms with van der Waals surface area (Å²) in [5.41, 5.74) is 0.999. The van der Waals surface area contributed by atoms with E-state index >= 15 is 0 Å². The molecule has 2 aromatic rings. The number of aliphatic hydroxyl groups is 5. The van der Waals surface area contributed by atoms with Gasteiger partial charge in [0, 0.05) is 103 Å². The topological polar surface area (TPSA) is 509 Å². The second kappa shape index (κ2) is 72.6. The lowest BCUT2D eigenvalue weighted by Crippen LogP contribution is -2.58. The van der Waals surface area contributed by atoms with Gasteiger partial charge in [-0.3, -0.25) is 48.1 Å². The number of phenols is 1. The first kappa shape index (κ1) is 120. The van der Waals surface area contributed by atoms with Crippen LogP contribution in [0.1, 0.15) is 226 Å². The van der Waals surface area contributed by atoms with Crippen molar-refractivity contribution in [2.45, 2.75) is 291 Å². The Hall–Kier alpha value is -7.10. The quantitative estimate of drug-likeness (QED) is 0.0136. The van der Waals surface area contributed by atoms with Crippen LogP contribution in [0.2, 0.25) is 0 Å². The number of phenolic OH excluding ortho intramolecular Hbond substituents is 1. The number of carbonyl (C=O) groups excluding carboxylic acids is 9. The molecule has 127 heavy (non-hydrogen) atoms. The van der Waals surface area contributed by atoms with Crippen molar-refractivity contribution in [3.8, 4) is 5.75 Å². The average Bonchev–Trinajstić information content (AvgIpc) is 1.72. The van der Waals surface area contributed by atoms with Gasteiger partial charge in [-0.2, -0.15) is 12.6 Å². The molecule has 1 saturated heterocycles. The normalized spacial score (nSPS) is 16.2. The summed E-state index contributed by atoms with van der Waals surface area (Å²) in [5, 5.41) is 76.8. The Morgan fingerprint density at radius 2 is 1.17 bits per heavy atom. The lowest BCUT2D eigenvalue weighted by atomic mass is 9.92. The van der Waals surface area contributed by atoms with E-state index in [1.807, 2.05) is 60.4 Å². The van der Waals surface area contributed by atoms with Gasteiger partial charge in [-0.25, -0.2) is 9.78 Å². The Morgan fingerprint density at radius 3 is 1.66 bits per heavy atom. The fourth-order valence-electron chi connectivity index (χ4n) is 12.2. The predicted molar refractivity (Wildman–Crippen MR) is 474 cm³/mol. The summed E-state index contributed by atoms with van der Waals surface area (Å²) in [4.78, 5) is 134. The summed E-state index contributed by atoms with van der Waals surface area (Å²) in [7, 11) is 7.62. The Labute approximate surface area is 759 Å². The molecule has 9 unspecified atom stereocenters. The van der Waals surface area contributed by atoms with Gasteiger partial charge in [0.05, 0.1) is 82.4 Å². The first-order chi connectivity index (χ1) is 60.6. The van der Waals surface area contributed by atoms with Gasteiger partial charge in [0.1, 0.15) is 61.1 Å². The molecule has 0 spiro atoms. The van der Waals surface area contributed by atoms with Crippen molar-refractivity contribution < 1.29 is 150 Å². The summed E-state index contributed by atoms with van der Waals surface area (Å²) >= 11 is 5.26. The molecule has 734 valence electrons. The van der Waals surface area contributed by atoms with Crippen LogP contribution in [0, 0.1) is 17.8 Å². The SMILES string of the molecule is CCC(CO)OC(CO)OC.CCC(CO)OC(COC(=O)CCCC(=O)O)OC.CCC(CO)OC(COC(=O)OCCC(=O)NCCS)OC.CCCO[C@H](C[C@H](C(C)C)N(CCC)C(=O)[C@@H](NC(=O)[C@H]1CCCCN1C)[C@@H](C)CC)c1nc(C(=O)N[C@@H](Cc2ccc(O)cc2)C[C@H](C)C(=O)OC(C)CNC(=O)CCCC(=O)OCC(OC)OC(C)CO)cs1. The zero-order valence-corrected chi connectivity index (χ0v) is 79.6. The van der Waals surface area contributed by atoms with Gasteiger partial charge in [0.2, 0.25) is 23.6 Å². The number of likely N-dealkylation sites (N-methyl/N-ethyl adjacent to an activating group) is 1. The van der Waals surface area contributed by atoms with Crippen molar-refractivity contribution in [2.24, 2.45) is 17.8 Å². The maximum atomic E-state index is 14.8. The fourth-order valence-corrected chi connectivity index (χ4v) is 13.1. The minimum atomic E-state index is -0.945. The smallest absolute Gasteiger partial charge is 0.508 e. The molecule has 16 atom stereocenters. The van der Waals surface area contributed by atoms with Crippen LogP contribution in [0.3, 0.4) is 0 Å². The van der Waals surface area contributed by atoms with Gasteiger partial charge in [0.15, 0.2) is 25.2 Å². The minimum Gasteiger partial charge on any atom is -0.508 e. The highest BCUT2D eigenvalue weighted by atomic mass is 32.1. The molecule has 11 N–H and O–H groups in total. The van der Waals surface area contributed by atoms with E-state index in [4.69, 9.17) is 102 Å². The summed E-state index contributed by atoms with van der Waals surface area (Å²) in [5.74, 6) is -3.83. The Bertz CT molecular complexity index is 3270. The van der Waals surface area contributed by atoms with E-state index in [0.717, 1.165) is 37.8 Å². The molecule has 5 amide bonds. The summed E-state index contributed by atoms with van der Waals surface area (Å²) in [6.45, 7) is 23.9. The van der Waals surface area contributed by atoms with Crippen LogP contribution in [0.25, 0.3) is 0 Å². The molecule has 3 rings (SSSR count). The number of carbonyl (C=O) groups is 10. The molecule has 40 heteroatoms. The first-order valence-electron chi connectivity index (χ1n) is 44.0. The second-order valence-electron chi connectivity index (χ2n) is 30.8. The Kier molecular flexibility index (Phi) is 68.5. The number of thiol groups is 1. The molecule has 38 nitrogen and oxygen atoms in total. The van der Waals surface area contributed by atoms with Crippen LogP contribution in [-0.2, 0) is 111 Å². The summed E-state index contributed by atoms with van der Waals surface area (Å²) < 4.78 is 72.9. The van der Waals surface area contributed by atoms with Gasteiger partial charge < -0.3 is 128 Å². The van der Waals surface area contributed by atoms with Crippen LogP contribution in [0.5, 0.6) is 5.75 Å². The summed E-state index contributed by atoms with van der Waals surface area (Å²) in [6.07, 6.45) is 1.73. The first-order valence-corrected chi connectivity index (χ1v) is 45.6. The zero-order valence-electron chi connectivity index (χ0n) is 77.9. The third-order valence-corrected chi connectivity index (χ3v) is 21.1. The number of methoxy groups -OCH3 is 4. The number of aliphatic hydroxyl groups excluding tert-OH is 5. The van der Waals surface area contributed by atoms with Gasteiger partial charge in [-0.05, 0) is 128 Å². The number of carboxylic acids is 1. The molecule has 1 aromatic heterocycles. The van der Waals surface area contributed by atoms with E-state index in [-0.39, 0.29) is 195 Å². The third kappa shape index (κ3) is 53.7. The maximum absolute atomic E-state index is 14.8. The predicted octanol–water partition coefficient (Wildman–Crippen LogP) is 7.10. The number of thiazole rings is 1. The number of ether oxygens (including phenoxy) is 14. The number of benzene rings is 1. The van der Waals surface area contributed by atoms with Crippen LogP contribution < -0.4 is 21.3 Å². The average molecular weight is 1860 g/mol. The molecule has 1 aliphatic rings. The number of nitrogens with zero attached hydrogens (tertiary/aromatic N) is 3. The Balaban J connectivity index is 0.00000244. The number of piperidine rings is 1. The van der Waals surface area contributed by atoms with Crippen molar-refractivity contribution in [1.29, 1.82) is 0 Å². The van der Waals surface area contributed by atoms with E-state index in [1.54, 1.807) is 50.4 Å². The van der Waals surface area contributed by atoms with E-state index in [2.05, 4.69) is 52.6 Å². The molecule has 0 bridgehead atoms. The largest absolute Gasteiger partial charge is 0.508 e. The molecule has 1 aliphatic heterocycles. The number of esters is 3. The number of carboxylic acid groups (broad SMARTS) is 1. The number of hydrogen-bond acceptors (Lipinski definition) is 34. The molecule has 1 fully saturated rings. The lowest BCUT2D eigenvalue weighted by Gasteiger charge is -2.40. The molecule has 1 aromatic carbocycles. The van der Waals surface area contributed by atoms with Crippen LogP contribution in [0.4, 0.5) is 4.79 Å². The second-order valence-corrected chi connectivity index (χ2v) is 32.2. The number of aromatic nitrogens is 1. The number of nitrogens with one attached hydrogen (secondary N) is 4. The standard InChI is InChI=1S/C55H90N6O13S.C13H25NO7S.C12H22O7.C7H16O4/c1-12-25-61(54(68)50(36(6)14-3)59-52(67)44-18-15-16-26-60(44)10)45(35(4)5)30-46(71-27-13-2)53-58-43(34-75-53)51(66)57-41(29-40-21-23-42(63)24-22-40)28-37(7)55(69)74-38(8)31-56-47(64)19-17-20-48(65)72-33-49(70-11)73-39(9)32-62;1-3-10(8-15)21-12(18-2)9-20-13(17)19-6-4-11(16)14-5-7-22;1-3-9(7-13)19-12(17-2)8-18-11(16)6-4-5-10(14)15;1-3-6(4-8)11-7(5-9)10-2/h21-24,34-39,41,44-46,49-50,62-63H,12-20,25-33H2,1-11H3,(H,56,64)(H,57,66)(H,59,67);10,12,15,22H,3-9H2,1-2H3,(H,14,16);9,12-13H,3-8H2,1-2H3,(H,14,15);6-9H,3-5H2,1-2H3/t36-,37-,38?,39?,41+,44+,45+,46+,49?,50-;;;/m0.../s1. The summed E-state index contributed by atoms with van der Waals surface area (Å²) in [6, 6.07) is 4.82. The highest BCUT2D eigenvalue weighted by molar-refractivity contribution is 7.80. The molecule has 0 saturated carbocycles. The van der Waals surface area contributed by atoms with Crippen molar-refractivity contribution in [1.82, 2.24) is 36.1 Å². The molecule has 0 aliphatic carbocycles. The molecule has 0 radical (unpaired) electrons. The third-order valence-electron chi connectivity index (χ3n) is 20.0. The van der Waals surface area contributed by atoms with E-state index in [1.165, 1.54) is 39.8 Å². The minimum absolute atomic E-state index is 0.0114. The number of likely N-dealkylation sites (tertiary alicyclic amines) is 1. The number of rotatable bonds is 64. The van der Waals surface area contributed by atoms with Gasteiger partial charge in [0.25, 0.3) is 5.91 Å². The van der Waals surface area contributed by atoms with Crippen molar-refractivity contribution in [2.75, 3.05) is 133 Å². The van der Waals surface area contributed by atoms with Crippen molar-refractivity contribution in [3.63, 3.8) is 0 Å². The monoisotopic (exact) mass is 1860 g/mol. The highest BCUT2D eigenvalue weighted by Gasteiger charge is 2.39. The van der Waals surface area contributed by atoms with E-state index in [9.17, 15) is 53.1 Å². The van der Waals surface area contributed by atoms with Crippen LogP contribution >= 0.6 is 24.0 Å². The lowest BCUT2D eigenvalue weighted by molar-refractivity contribution is -0.194. The number of aromatic hydroxyl groups is 1. The number of aliphatic carboxylic acids is 1. The number of amides is 5. The van der Waals surface area contributed by atoms with Crippen molar-refractivity contribution >= 4 is 83.5 Å².